The summed E-state index contributed by atoms with van der Waals surface area (Å²) in [6, 6.07) is 7.53. The standard InChI is InChI=1S/C27H36FN5O2/c1-18-7-5-8-19(2)31(18)14-6-13-29-25(34)17-33-27(35)26-21(4)32(20(3)24(26)15-30-33)16-22-9-11-23(28)12-10-22/h9-12,15,18-19H,5-8,13-14,16-17H2,1-4H3,(H,29,34)/t18-,19-/m0/s1. The molecule has 1 amide bonds. The Balaban J connectivity index is 1.41. The van der Waals surface area contributed by atoms with Crippen LogP contribution in [0.15, 0.2) is 35.3 Å². The largest absolute Gasteiger partial charge is 0.354 e. The van der Waals surface area contributed by atoms with Gasteiger partial charge in [0.1, 0.15) is 12.4 Å². The molecule has 2 atom stereocenters. The van der Waals surface area contributed by atoms with Crippen LogP contribution in [0.3, 0.4) is 0 Å². The molecule has 2 aromatic heterocycles. The van der Waals surface area contributed by atoms with Crippen molar-refractivity contribution in [2.75, 3.05) is 13.1 Å². The van der Waals surface area contributed by atoms with E-state index < -0.39 is 0 Å². The fourth-order valence-corrected chi connectivity index (χ4v) is 5.36. The van der Waals surface area contributed by atoms with Crippen LogP contribution in [-0.2, 0) is 17.9 Å². The van der Waals surface area contributed by atoms with Crippen LogP contribution in [0.5, 0.6) is 0 Å². The van der Waals surface area contributed by atoms with Gasteiger partial charge in [-0.3, -0.25) is 14.5 Å². The average molecular weight is 482 g/mol. The van der Waals surface area contributed by atoms with E-state index in [0.29, 0.717) is 30.6 Å². The van der Waals surface area contributed by atoms with Gasteiger partial charge in [-0.2, -0.15) is 5.10 Å². The Kier molecular flexibility index (Phi) is 7.69. The van der Waals surface area contributed by atoms with Gasteiger partial charge >= 0.3 is 0 Å². The third-order valence-corrected chi connectivity index (χ3v) is 7.44. The first kappa shape index (κ1) is 25.1. The molecule has 1 aliphatic rings. The summed E-state index contributed by atoms with van der Waals surface area (Å²) in [6.45, 7) is 10.4. The topological polar surface area (TPSA) is 72.2 Å². The third-order valence-electron chi connectivity index (χ3n) is 7.44. The third kappa shape index (κ3) is 5.48. The van der Waals surface area contributed by atoms with Crippen molar-refractivity contribution >= 4 is 16.7 Å². The molecule has 3 heterocycles. The molecule has 188 valence electrons. The number of carbonyl (C=O) groups is 1. The lowest BCUT2D eigenvalue weighted by Gasteiger charge is -2.39. The van der Waals surface area contributed by atoms with Crippen molar-refractivity contribution in [3.8, 4) is 0 Å². The number of carbonyl (C=O) groups excluding carboxylic acids is 1. The molecule has 8 heteroatoms. The summed E-state index contributed by atoms with van der Waals surface area (Å²) in [4.78, 5) is 28.3. The van der Waals surface area contributed by atoms with Crippen LogP contribution in [0.25, 0.3) is 10.8 Å². The fourth-order valence-electron chi connectivity index (χ4n) is 5.36. The first-order valence-electron chi connectivity index (χ1n) is 12.6. The summed E-state index contributed by atoms with van der Waals surface area (Å²) in [6.07, 6.45) is 6.30. The molecule has 0 bridgehead atoms. The second-order valence-electron chi connectivity index (χ2n) is 9.85. The van der Waals surface area contributed by atoms with Crippen LogP contribution in [0.1, 0.15) is 56.5 Å². The molecule has 3 aromatic rings. The van der Waals surface area contributed by atoms with Crippen LogP contribution in [0.4, 0.5) is 4.39 Å². The second kappa shape index (κ2) is 10.7. The molecular formula is C27H36FN5O2. The number of aryl methyl sites for hydroxylation is 2. The molecule has 1 aromatic carbocycles. The molecule has 0 unspecified atom stereocenters. The van der Waals surface area contributed by atoms with Crippen LogP contribution in [0.2, 0.25) is 0 Å². The Hall–Kier alpha value is -3.00. The number of nitrogens with zero attached hydrogens (tertiary/aromatic N) is 4. The number of hydrogen-bond acceptors (Lipinski definition) is 4. The molecule has 4 rings (SSSR count). The summed E-state index contributed by atoms with van der Waals surface area (Å²) in [5.41, 5.74) is 2.41. The number of amides is 1. The van der Waals surface area contributed by atoms with Crippen molar-refractivity contribution < 1.29 is 9.18 Å². The molecule has 35 heavy (non-hydrogen) atoms. The highest BCUT2D eigenvalue weighted by atomic mass is 19.1. The fraction of sp³-hybridized carbons (Fsp3) is 0.519. The first-order valence-corrected chi connectivity index (χ1v) is 12.6. The van der Waals surface area contributed by atoms with E-state index in [1.165, 1.54) is 36.1 Å². The molecule has 0 aliphatic carbocycles. The van der Waals surface area contributed by atoms with Gasteiger partial charge in [0.05, 0.1) is 11.6 Å². The van der Waals surface area contributed by atoms with Gasteiger partial charge in [0.2, 0.25) is 5.91 Å². The summed E-state index contributed by atoms with van der Waals surface area (Å²) >= 11 is 0. The lowest BCUT2D eigenvalue weighted by molar-refractivity contribution is -0.121. The maximum absolute atomic E-state index is 13.3. The van der Waals surface area contributed by atoms with Gasteiger partial charge in [0, 0.05) is 48.5 Å². The summed E-state index contributed by atoms with van der Waals surface area (Å²) in [5, 5.41) is 8.56. The second-order valence-corrected chi connectivity index (χ2v) is 9.85. The highest BCUT2D eigenvalue weighted by molar-refractivity contribution is 5.87. The van der Waals surface area contributed by atoms with Crippen molar-refractivity contribution in [3.05, 3.63) is 63.6 Å². The molecule has 1 saturated heterocycles. The van der Waals surface area contributed by atoms with Crippen molar-refractivity contribution in [1.82, 2.24) is 24.6 Å². The Morgan fingerprint density at radius 1 is 1.11 bits per heavy atom. The number of halogens is 1. The summed E-state index contributed by atoms with van der Waals surface area (Å²) < 4.78 is 16.5. The predicted octanol–water partition coefficient (Wildman–Crippen LogP) is 3.77. The van der Waals surface area contributed by atoms with Gasteiger partial charge in [-0.15, -0.1) is 0 Å². The number of likely N-dealkylation sites (tertiary alicyclic amines) is 1. The molecule has 0 spiro atoms. The lowest BCUT2D eigenvalue weighted by Crippen LogP contribution is -2.45. The van der Waals surface area contributed by atoms with Crippen LogP contribution >= 0.6 is 0 Å². The minimum Gasteiger partial charge on any atom is -0.354 e. The molecular weight excluding hydrogens is 445 g/mol. The summed E-state index contributed by atoms with van der Waals surface area (Å²) in [7, 11) is 0. The van der Waals surface area contributed by atoms with Crippen LogP contribution in [0, 0.1) is 19.7 Å². The van der Waals surface area contributed by atoms with Gasteiger partial charge in [-0.05, 0) is 64.7 Å². The Labute approximate surface area is 205 Å². The van der Waals surface area contributed by atoms with Gasteiger partial charge in [0.25, 0.3) is 5.56 Å². The first-order chi connectivity index (χ1) is 16.8. The summed E-state index contributed by atoms with van der Waals surface area (Å²) in [5.74, 6) is -0.486. The number of benzene rings is 1. The highest BCUT2D eigenvalue weighted by Gasteiger charge is 2.24. The molecule has 7 nitrogen and oxygen atoms in total. The zero-order valence-electron chi connectivity index (χ0n) is 21.2. The Morgan fingerprint density at radius 2 is 1.80 bits per heavy atom. The normalized spacial score (nSPS) is 18.8. The van der Waals surface area contributed by atoms with Gasteiger partial charge in [-0.1, -0.05) is 18.6 Å². The number of aromatic nitrogens is 3. The molecule has 0 saturated carbocycles. The highest BCUT2D eigenvalue weighted by Crippen LogP contribution is 2.24. The van der Waals surface area contributed by atoms with E-state index in [0.717, 1.165) is 35.3 Å². The van der Waals surface area contributed by atoms with E-state index in [-0.39, 0.29) is 23.8 Å². The van der Waals surface area contributed by atoms with Gasteiger partial charge in [-0.25, -0.2) is 9.07 Å². The maximum Gasteiger partial charge on any atom is 0.276 e. The number of rotatable bonds is 8. The smallest absolute Gasteiger partial charge is 0.276 e. The predicted molar refractivity (Wildman–Crippen MR) is 136 cm³/mol. The molecule has 1 fully saturated rings. The van der Waals surface area contributed by atoms with Gasteiger partial charge < -0.3 is 9.88 Å². The van der Waals surface area contributed by atoms with Crippen molar-refractivity contribution in [2.45, 2.75) is 78.6 Å². The zero-order chi connectivity index (χ0) is 25.1. The maximum atomic E-state index is 13.3. The zero-order valence-corrected chi connectivity index (χ0v) is 21.2. The average Bonchev–Trinajstić information content (AvgIpc) is 3.06. The quantitative estimate of drug-likeness (QED) is 0.497. The lowest BCUT2D eigenvalue weighted by atomic mass is 9.97. The van der Waals surface area contributed by atoms with E-state index >= 15 is 0 Å². The SMILES string of the molecule is Cc1c2cnn(CC(=O)NCCCN3[C@@H](C)CCC[C@@H]3C)c(=O)c2c(C)n1Cc1ccc(F)cc1. The molecule has 1 N–H and O–H groups in total. The molecule has 0 radical (unpaired) electrons. The van der Waals surface area contributed by atoms with Crippen molar-refractivity contribution in [1.29, 1.82) is 0 Å². The minimum atomic E-state index is -0.277. The number of piperidine rings is 1. The Morgan fingerprint density at radius 3 is 2.49 bits per heavy atom. The monoisotopic (exact) mass is 481 g/mol. The van der Waals surface area contributed by atoms with Gasteiger partial charge in [0.15, 0.2) is 0 Å². The van der Waals surface area contributed by atoms with E-state index in [2.05, 4.69) is 29.2 Å². The Bertz CT molecular complexity index is 1240. The van der Waals surface area contributed by atoms with Crippen LogP contribution < -0.4 is 10.9 Å². The number of hydrogen-bond donors (Lipinski definition) is 1. The number of nitrogens with one attached hydrogen (secondary N) is 1. The number of fused-ring (bicyclic) bond motifs is 1. The van der Waals surface area contributed by atoms with E-state index in [1.807, 2.05) is 18.4 Å². The van der Waals surface area contributed by atoms with Crippen molar-refractivity contribution in [3.63, 3.8) is 0 Å². The van der Waals surface area contributed by atoms with E-state index in [9.17, 15) is 14.0 Å². The van der Waals surface area contributed by atoms with Crippen LogP contribution in [-0.4, -0.2) is 50.3 Å². The minimum absolute atomic E-state index is 0.104. The van der Waals surface area contributed by atoms with E-state index in [1.54, 1.807) is 18.3 Å². The van der Waals surface area contributed by atoms with Crippen molar-refractivity contribution in [2.24, 2.45) is 0 Å². The van der Waals surface area contributed by atoms with E-state index in [4.69, 9.17) is 0 Å². The molecule has 1 aliphatic heterocycles.